The number of hydrogen-bond donors (Lipinski definition) is 2. The fourth-order valence-corrected chi connectivity index (χ4v) is 4.65. The molecule has 1 unspecified atom stereocenters. The first-order chi connectivity index (χ1) is 15.1. The largest absolute Gasteiger partial charge is 0.495 e. The summed E-state index contributed by atoms with van der Waals surface area (Å²) in [5.74, 6) is 0.619. The van der Waals surface area contributed by atoms with Gasteiger partial charge in [0.1, 0.15) is 5.75 Å². The molecule has 2 aliphatic heterocycles. The number of fused-ring (bicyclic) bond motifs is 3. The lowest BCUT2D eigenvalue weighted by Crippen LogP contribution is -2.44. The predicted octanol–water partition coefficient (Wildman–Crippen LogP) is 4.17. The van der Waals surface area contributed by atoms with Gasteiger partial charge in [-0.3, -0.25) is 4.79 Å². The quantitative estimate of drug-likeness (QED) is 0.622. The van der Waals surface area contributed by atoms with Gasteiger partial charge in [0.25, 0.3) is 0 Å². The van der Waals surface area contributed by atoms with Gasteiger partial charge in [0.05, 0.1) is 18.7 Å². The van der Waals surface area contributed by atoms with Crippen molar-refractivity contribution >= 4 is 46.1 Å². The molecule has 0 saturated carbocycles. The number of carbonyl (C=O) groups is 1. The van der Waals surface area contributed by atoms with E-state index in [1.165, 1.54) is 0 Å². The van der Waals surface area contributed by atoms with Crippen molar-refractivity contribution in [3.63, 3.8) is 0 Å². The van der Waals surface area contributed by atoms with Crippen LogP contribution < -0.4 is 20.3 Å². The van der Waals surface area contributed by atoms with E-state index in [4.69, 9.17) is 4.74 Å². The zero-order valence-electron chi connectivity index (χ0n) is 18.4. The number of rotatable bonds is 4. The summed E-state index contributed by atoms with van der Waals surface area (Å²) in [6.07, 6.45) is 0. The Labute approximate surface area is 194 Å². The Bertz CT molecular complexity index is 1130. The van der Waals surface area contributed by atoms with Gasteiger partial charge in [-0.05, 0) is 47.6 Å². The predicted molar refractivity (Wildman–Crippen MR) is 134 cm³/mol. The van der Waals surface area contributed by atoms with Crippen LogP contribution in [0.4, 0.5) is 17.1 Å². The molecule has 1 amide bonds. The lowest BCUT2D eigenvalue weighted by molar-refractivity contribution is -0.117. The molecule has 6 nitrogen and oxygen atoms in total. The molecule has 0 aromatic heterocycles. The average Bonchev–Trinajstić information content (AvgIpc) is 3.24. The third kappa shape index (κ3) is 4.08. The lowest BCUT2D eigenvalue weighted by atomic mass is 9.94. The highest BCUT2D eigenvalue weighted by Crippen LogP contribution is 2.38. The molecule has 0 bridgehead atoms. The van der Waals surface area contributed by atoms with Crippen molar-refractivity contribution in [2.24, 2.45) is 0 Å². The summed E-state index contributed by atoms with van der Waals surface area (Å²) in [7, 11) is 3.84. The second kappa shape index (κ2) is 9.27. The number of benzene rings is 3. The second-order valence-electron chi connectivity index (χ2n) is 8.35. The van der Waals surface area contributed by atoms with Crippen LogP contribution in [-0.2, 0) is 4.79 Å². The van der Waals surface area contributed by atoms with Crippen molar-refractivity contribution in [3.05, 3.63) is 60.2 Å². The highest BCUT2D eigenvalue weighted by atomic mass is 35.5. The summed E-state index contributed by atoms with van der Waals surface area (Å²) in [5.41, 5.74) is 3.97. The van der Waals surface area contributed by atoms with E-state index in [0.29, 0.717) is 6.54 Å². The smallest absolute Gasteiger partial charge is 0.233 e. The Morgan fingerprint density at radius 2 is 1.84 bits per heavy atom. The van der Waals surface area contributed by atoms with Crippen LogP contribution in [0.5, 0.6) is 5.75 Å². The molecule has 32 heavy (non-hydrogen) atoms. The van der Waals surface area contributed by atoms with Crippen molar-refractivity contribution in [2.45, 2.75) is 5.92 Å². The number of halogens is 1. The van der Waals surface area contributed by atoms with Crippen molar-refractivity contribution in [3.8, 4) is 5.75 Å². The van der Waals surface area contributed by atoms with Gasteiger partial charge in [-0.1, -0.05) is 30.3 Å². The molecule has 3 aromatic carbocycles. The Morgan fingerprint density at radius 1 is 1.06 bits per heavy atom. The molecule has 3 aromatic rings. The van der Waals surface area contributed by atoms with Gasteiger partial charge in [-0.25, -0.2) is 0 Å². The van der Waals surface area contributed by atoms with Gasteiger partial charge in [-0.15, -0.1) is 12.4 Å². The van der Waals surface area contributed by atoms with Crippen molar-refractivity contribution in [1.29, 1.82) is 0 Å². The normalized spacial score (nSPS) is 17.9. The highest BCUT2D eigenvalue weighted by molar-refractivity contribution is 6.04. The fraction of sp³-hybridized carbons (Fsp3) is 0.320. The summed E-state index contributed by atoms with van der Waals surface area (Å²) >= 11 is 0. The van der Waals surface area contributed by atoms with Gasteiger partial charge in [0.15, 0.2) is 0 Å². The topological polar surface area (TPSA) is 56.8 Å². The van der Waals surface area contributed by atoms with Crippen LogP contribution in [0.1, 0.15) is 11.5 Å². The molecule has 1 saturated heterocycles. The maximum absolute atomic E-state index is 13.3. The summed E-state index contributed by atoms with van der Waals surface area (Å²) in [5, 5.41) is 8.85. The minimum absolute atomic E-state index is 0. The summed E-state index contributed by atoms with van der Waals surface area (Å²) in [6.45, 7) is 4.51. The van der Waals surface area contributed by atoms with Crippen LogP contribution in [0, 0.1) is 0 Å². The number of amides is 1. The van der Waals surface area contributed by atoms with Gasteiger partial charge in [0.2, 0.25) is 5.91 Å². The average molecular weight is 453 g/mol. The van der Waals surface area contributed by atoms with Crippen molar-refractivity contribution < 1.29 is 9.53 Å². The van der Waals surface area contributed by atoms with Crippen LogP contribution in [0.25, 0.3) is 10.8 Å². The van der Waals surface area contributed by atoms with Gasteiger partial charge in [-0.2, -0.15) is 0 Å². The summed E-state index contributed by atoms with van der Waals surface area (Å²) in [6, 6.07) is 18.3. The van der Waals surface area contributed by atoms with Crippen LogP contribution in [0.2, 0.25) is 0 Å². The molecule has 2 aliphatic rings. The second-order valence-corrected chi connectivity index (χ2v) is 8.35. The Kier molecular flexibility index (Phi) is 6.44. The number of nitrogens with zero attached hydrogens (tertiary/aromatic N) is 2. The number of hydrogen-bond acceptors (Lipinski definition) is 5. The Hall–Kier alpha value is -2.96. The molecule has 2 N–H and O–H groups in total. The van der Waals surface area contributed by atoms with Gasteiger partial charge >= 0.3 is 0 Å². The molecule has 1 fully saturated rings. The van der Waals surface area contributed by atoms with E-state index in [2.05, 4.69) is 51.7 Å². The van der Waals surface area contributed by atoms with Crippen LogP contribution in [0.15, 0.2) is 54.6 Å². The zero-order chi connectivity index (χ0) is 21.4. The molecule has 2 heterocycles. The standard InChI is InChI=1S/C25H28N4O2.ClH/c1-28-11-13-29(14-12-28)22-15-18(8-10-23(22)31-2)27-25(30)20-16-26-21-9-7-17-5-3-4-6-19(17)24(20)21;/h3-10,15,20,26H,11-14,16H2,1-2H3,(H,27,30);1H. The first kappa shape index (κ1) is 22.2. The fourth-order valence-electron chi connectivity index (χ4n) is 4.65. The number of nitrogens with one attached hydrogen (secondary N) is 2. The highest BCUT2D eigenvalue weighted by Gasteiger charge is 2.30. The van der Waals surface area contributed by atoms with E-state index in [-0.39, 0.29) is 24.2 Å². The number of methoxy groups -OCH3 is 1. The van der Waals surface area contributed by atoms with E-state index in [0.717, 1.165) is 65.3 Å². The molecule has 0 spiro atoms. The van der Waals surface area contributed by atoms with E-state index < -0.39 is 0 Å². The first-order valence-electron chi connectivity index (χ1n) is 10.8. The van der Waals surface area contributed by atoms with E-state index in [1.807, 2.05) is 30.3 Å². The monoisotopic (exact) mass is 452 g/mol. The molecule has 5 rings (SSSR count). The minimum atomic E-state index is -0.227. The van der Waals surface area contributed by atoms with E-state index in [1.54, 1.807) is 7.11 Å². The number of piperazine rings is 1. The molecule has 168 valence electrons. The molecular weight excluding hydrogens is 424 g/mol. The zero-order valence-corrected chi connectivity index (χ0v) is 19.2. The Morgan fingerprint density at radius 3 is 2.62 bits per heavy atom. The van der Waals surface area contributed by atoms with Crippen molar-refractivity contribution in [1.82, 2.24) is 4.90 Å². The minimum Gasteiger partial charge on any atom is -0.495 e. The lowest BCUT2D eigenvalue weighted by Gasteiger charge is -2.35. The van der Waals surface area contributed by atoms with Crippen LogP contribution >= 0.6 is 12.4 Å². The molecule has 0 radical (unpaired) electrons. The van der Waals surface area contributed by atoms with Crippen molar-refractivity contribution in [2.75, 3.05) is 62.4 Å². The number of likely N-dealkylation sites (N-methyl/N-ethyl adjacent to an activating group) is 1. The summed E-state index contributed by atoms with van der Waals surface area (Å²) < 4.78 is 5.60. The number of ether oxygens (including phenoxy) is 1. The van der Waals surface area contributed by atoms with E-state index in [9.17, 15) is 4.79 Å². The first-order valence-corrected chi connectivity index (χ1v) is 10.8. The third-order valence-corrected chi connectivity index (χ3v) is 6.42. The number of carbonyl (C=O) groups excluding carboxylic acids is 1. The molecular formula is C25H29ClN4O2. The molecule has 7 heteroatoms. The van der Waals surface area contributed by atoms with Gasteiger partial charge in [0, 0.05) is 44.1 Å². The van der Waals surface area contributed by atoms with Crippen LogP contribution in [-0.4, -0.2) is 57.7 Å². The SMILES string of the molecule is COc1ccc(NC(=O)C2CNc3ccc4ccccc4c32)cc1N1CCN(C)CC1.Cl. The molecule has 0 aliphatic carbocycles. The molecule has 1 atom stereocenters. The number of anilines is 3. The van der Waals surface area contributed by atoms with Crippen LogP contribution in [0.3, 0.4) is 0 Å². The Balaban J connectivity index is 0.00000245. The van der Waals surface area contributed by atoms with E-state index >= 15 is 0 Å². The maximum Gasteiger partial charge on any atom is 0.233 e. The third-order valence-electron chi connectivity index (χ3n) is 6.42. The summed E-state index contributed by atoms with van der Waals surface area (Å²) in [4.78, 5) is 18.0. The maximum atomic E-state index is 13.3. The van der Waals surface area contributed by atoms with Gasteiger partial charge < -0.3 is 25.2 Å².